The van der Waals surface area contributed by atoms with Gasteiger partial charge in [-0.15, -0.1) is 0 Å². The Morgan fingerprint density at radius 2 is 1.94 bits per heavy atom. The number of hydrogen-bond donors (Lipinski definition) is 1. The minimum atomic E-state index is -0.171. The van der Waals surface area contributed by atoms with E-state index < -0.39 is 0 Å². The lowest BCUT2D eigenvalue weighted by Gasteiger charge is -2.11. The lowest BCUT2D eigenvalue weighted by molar-refractivity contribution is 0.623. The molecule has 1 aliphatic rings. The second kappa shape index (κ2) is 3.63. The molecule has 80 valence electrons. The average Bonchev–Trinajstić information content (AvgIpc) is 2.72. The highest BCUT2D eigenvalue weighted by Crippen LogP contribution is 2.33. The highest BCUT2D eigenvalue weighted by atomic mass is 19.1. The van der Waals surface area contributed by atoms with Crippen LogP contribution in [0.15, 0.2) is 48.5 Å². The molecule has 0 spiro atoms. The standard InChI is InChI=1S/C14H12FN/c15-12-6-3-5-10(8-12)14-9-11-4-1-2-7-13(11)16-14/h1-8,14,16H,9H2. The first-order valence-electron chi connectivity index (χ1n) is 5.43. The lowest BCUT2D eigenvalue weighted by atomic mass is 10.0. The summed E-state index contributed by atoms with van der Waals surface area (Å²) in [6.45, 7) is 0. The molecular weight excluding hydrogens is 201 g/mol. The van der Waals surface area contributed by atoms with Crippen LogP contribution in [0.25, 0.3) is 0 Å². The predicted molar refractivity (Wildman–Crippen MR) is 62.9 cm³/mol. The number of benzene rings is 2. The van der Waals surface area contributed by atoms with E-state index in [0.717, 1.165) is 17.7 Å². The summed E-state index contributed by atoms with van der Waals surface area (Å²) in [7, 11) is 0. The zero-order valence-electron chi connectivity index (χ0n) is 8.78. The van der Waals surface area contributed by atoms with Gasteiger partial charge in [-0.05, 0) is 35.7 Å². The van der Waals surface area contributed by atoms with Gasteiger partial charge >= 0.3 is 0 Å². The topological polar surface area (TPSA) is 12.0 Å². The van der Waals surface area contributed by atoms with Crippen LogP contribution in [0.4, 0.5) is 10.1 Å². The molecule has 0 saturated carbocycles. The first kappa shape index (κ1) is 9.40. The molecule has 2 heteroatoms. The molecule has 1 unspecified atom stereocenters. The Kier molecular flexibility index (Phi) is 2.13. The second-order valence-electron chi connectivity index (χ2n) is 4.11. The molecule has 1 N–H and O–H groups in total. The van der Waals surface area contributed by atoms with Crippen molar-refractivity contribution in [3.05, 3.63) is 65.5 Å². The van der Waals surface area contributed by atoms with Crippen LogP contribution in [0, 0.1) is 5.82 Å². The van der Waals surface area contributed by atoms with Gasteiger partial charge in [0.25, 0.3) is 0 Å². The molecule has 0 aliphatic carbocycles. The largest absolute Gasteiger partial charge is 0.378 e. The lowest BCUT2D eigenvalue weighted by Crippen LogP contribution is -2.05. The maximum Gasteiger partial charge on any atom is 0.123 e. The number of para-hydroxylation sites is 1. The zero-order valence-corrected chi connectivity index (χ0v) is 8.78. The summed E-state index contributed by atoms with van der Waals surface area (Å²) in [6.07, 6.45) is 0.930. The third-order valence-corrected chi connectivity index (χ3v) is 3.02. The molecule has 0 saturated heterocycles. The molecule has 1 heterocycles. The van der Waals surface area contributed by atoms with Crippen LogP contribution < -0.4 is 5.32 Å². The van der Waals surface area contributed by atoms with E-state index in [-0.39, 0.29) is 11.9 Å². The Morgan fingerprint density at radius 1 is 1.06 bits per heavy atom. The number of anilines is 1. The molecule has 1 aliphatic heterocycles. The molecule has 0 bridgehead atoms. The third-order valence-electron chi connectivity index (χ3n) is 3.02. The molecule has 0 amide bonds. The number of nitrogens with one attached hydrogen (secondary N) is 1. The Bertz CT molecular complexity index is 497. The van der Waals surface area contributed by atoms with E-state index in [9.17, 15) is 4.39 Å². The molecule has 16 heavy (non-hydrogen) atoms. The highest BCUT2D eigenvalue weighted by Gasteiger charge is 2.21. The van der Waals surface area contributed by atoms with Gasteiger partial charge in [0.05, 0.1) is 6.04 Å². The maximum absolute atomic E-state index is 13.1. The van der Waals surface area contributed by atoms with Crippen molar-refractivity contribution >= 4 is 5.69 Å². The summed E-state index contributed by atoms with van der Waals surface area (Å²) in [6, 6.07) is 15.2. The van der Waals surface area contributed by atoms with Crippen LogP contribution in [0.1, 0.15) is 17.2 Å². The first-order chi connectivity index (χ1) is 7.83. The number of rotatable bonds is 1. The van der Waals surface area contributed by atoms with Gasteiger partial charge < -0.3 is 5.32 Å². The van der Waals surface area contributed by atoms with Crippen LogP contribution >= 0.6 is 0 Å². The van der Waals surface area contributed by atoms with Gasteiger partial charge in [-0.2, -0.15) is 0 Å². The fraction of sp³-hybridized carbons (Fsp3) is 0.143. The van der Waals surface area contributed by atoms with Crippen molar-refractivity contribution in [1.29, 1.82) is 0 Å². The van der Waals surface area contributed by atoms with E-state index in [1.807, 2.05) is 18.2 Å². The van der Waals surface area contributed by atoms with Gasteiger partial charge in [-0.3, -0.25) is 0 Å². The molecule has 0 aromatic heterocycles. The second-order valence-corrected chi connectivity index (χ2v) is 4.11. The van der Waals surface area contributed by atoms with E-state index in [1.165, 1.54) is 11.6 Å². The zero-order chi connectivity index (χ0) is 11.0. The van der Waals surface area contributed by atoms with Crippen LogP contribution in [0.2, 0.25) is 0 Å². The van der Waals surface area contributed by atoms with Gasteiger partial charge in [0.2, 0.25) is 0 Å². The highest BCUT2D eigenvalue weighted by molar-refractivity contribution is 5.58. The van der Waals surface area contributed by atoms with E-state index >= 15 is 0 Å². The van der Waals surface area contributed by atoms with Crippen molar-refractivity contribution in [2.45, 2.75) is 12.5 Å². The number of hydrogen-bond acceptors (Lipinski definition) is 1. The summed E-state index contributed by atoms with van der Waals surface area (Å²) in [5, 5.41) is 3.41. The Hall–Kier alpha value is -1.83. The average molecular weight is 213 g/mol. The maximum atomic E-state index is 13.1. The van der Waals surface area contributed by atoms with Crippen molar-refractivity contribution in [2.75, 3.05) is 5.32 Å². The minimum absolute atomic E-state index is 0.171. The van der Waals surface area contributed by atoms with Gasteiger partial charge in [0, 0.05) is 5.69 Å². The minimum Gasteiger partial charge on any atom is -0.378 e. The summed E-state index contributed by atoms with van der Waals surface area (Å²) in [4.78, 5) is 0. The Labute approximate surface area is 93.9 Å². The van der Waals surface area contributed by atoms with Gasteiger partial charge in [0.15, 0.2) is 0 Å². The molecule has 3 rings (SSSR count). The summed E-state index contributed by atoms with van der Waals surface area (Å²) in [5.74, 6) is -0.171. The fourth-order valence-electron chi connectivity index (χ4n) is 2.22. The van der Waals surface area contributed by atoms with Crippen molar-refractivity contribution in [3.63, 3.8) is 0 Å². The van der Waals surface area contributed by atoms with Crippen molar-refractivity contribution < 1.29 is 4.39 Å². The van der Waals surface area contributed by atoms with Crippen molar-refractivity contribution in [1.82, 2.24) is 0 Å². The molecular formula is C14H12FN. The van der Waals surface area contributed by atoms with Gasteiger partial charge in [0.1, 0.15) is 5.82 Å². The van der Waals surface area contributed by atoms with Crippen molar-refractivity contribution in [2.24, 2.45) is 0 Å². The normalized spacial score (nSPS) is 17.9. The van der Waals surface area contributed by atoms with E-state index in [0.29, 0.717) is 0 Å². The number of fused-ring (bicyclic) bond motifs is 1. The smallest absolute Gasteiger partial charge is 0.123 e. The molecule has 0 fully saturated rings. The Morgan fingerprint density at radius 3 is 2.75 bits per heavy atom. The van der Waals surface area contributed by atoms with Crippen LogP contribution in [-0.4, -0.2) is 0 Å². The summed E-state index contributed by atoms with van der Waals surface area (Å²) in [5.41, 5.74) is 3.48. The fourth-order valence-corrected chi connectivity index (χ4v) is 2.22. The summed E-state index contributed by atoms with van der Waals surface area (Å²) < 4.78 is 13.1. The summed E-state index contributed by atoms with van der Waals surface area (Å²) >= 11 is 0. The van der Waals surface area contributed by atoms with E-state index in [1.54, 1.807) is 12.1 Å². The molecule has 2 aromatic carbocycles. The first-order valence-corrected chi connectivity index (χ1v) is 5.43. The van der Waals surface area contributed by atoms with E-state index in [2.05, 4.69) is 17.4 Å². The van der Waals surface area contributed by atoms with Crippen LogP contribution in [-0.2, 0) is 6.42 Å². The van der Waals surface area contributed by atoms with Gasteiger partial charge in [-0.25, -0.2) is 4.39 Å². The Balaban J connectivity index is 1.91. The number of halogens is 1. The SMILES string of the molecule is Fc1cccc(C2Cc3ccccc3N2)c1. The van der Waals surface area contributed by atoms with Crippen LogP contribution in [0.5, 0.6) is 0 Å². The predicted octanol–water partition coefficient (Wildman–Crippen LogP) is 3.54. The van der Waals surface area contributed by atoms with Gasteiger partial charge in [-0.1, -0.05) is 30.3 Å². The molecule has 2 aromatic rings. The third kappa shape index (κ3) is 1.56. The van der Waals surface area contributed by atoms with E-state index in [4.69, 9.17) is 0 Å². The van der Waals surface area contributed by atoms with Crippen molar-refractivity contribution in [3.8, 4) is 0 Å². The molecule has 0 radical (unpaired) electrons. The molecule has 1 atom stereocenters. The monoisotopic (exact) mass is 213 g/mol. The molecule has 1 nitrogen and oxygen atoms in total. The quantitative estimate of drug-likeness (QED) is 0.764. The van der Waals surface area contributed by atoms with Crippen LogP contribution in [0.3, 0.4) is 0 Å².